The fourth-order valence-corrected chi connectivity index (χ4v) is 3.30. The molecule has 0 heterocycles. The average molecular weight is 345 g/mol. The molecule has 0 aromatic heterocycles. The highest BCUT2D eigenvalue weighted by molar-refractivity contribution is 6.26. The van der Waals surface area contributed by atoms with E-state index in [1.54, 1.807) is 13.1 Å². The third kappa shape index (κ3) is 3.18. The van der Waals surface area contributed by atoms with Crippen LogP contribution in [0.3, 0.4) is 0 Å². The highest BCUT2D eigenvalue weighted by Crippen LogP contribution is 2.41. The van der Waals surface area contributed by atoms with Gasteiger partial charge in [-0.1, -0.05) is 42.5 Å². The number of carbonyl (C=O) groups excluding carboxylic acids is 1. The maximum absolute atomic E-state index is 13.2. The lowest BCUT2D eigenvalue weighted by Crippen LogP contribution is -2.11. The van der Waals surface area contributed by atoms with Gasteiger partial charge in [-0.05, 0) is 29.7 Å². The molecule has 0 bridgehead atoms. The molecule has 1 aliphatic rings. The molecule has 5 heteroatoms. The molecule has 0 aliphatic heterocycles. The van der Waals surface area contributed by atoms with Gasteiger partial charge in [0.15, 0.2) is 5.78 Å². The first-order valence-electron chi connectivity index (χ1n) is 8.01. The summed E-state index contributed by atoms with van der Waals surface area (Å²) in [7, 11) is 1.69. The molecule has 1 atom stereocenters. The van der Waals surface area contributed by atoms with Crippen LogP contribution in [0.1, 0.15) is 34.6 Å². The van der Waals surface area contributed by atoms with Crippen LogP contribution in [0.2, 0.25) is 0 Å². The fourth-order valence-electron chi connectivity index (χ4n) is 3.30. The Labute approximate surface area is 144 Å². The predicted molar refractivity (Wildman–Crippen MR) is 91.0 cm³/mol. The molecule has 130 valence electrons. The molecule has 1 N–H and O–H groups in total. The number of allylic oxidation sites excluding steroid dienone is 2. The summed E-state index contributed by atoms with van der Waals surface area (Å²) in [5.74, 6) is -0.512. The maximum Gasteiger partial charge on any atom is 0.416 e. The number of aryl methyl sites for hydroxylation is 1. The van der Waals surface area contributed by atoms with Crippen LogP contribution in [0.5, 0.6) is 0 Å². The highest BCUT2D eigenvalue weighted by atomic mass is 19.4. The van der Waals surface area contributed by atoms with E-state index in [0.717, 1.165) is 11.6 Å². The molecule has 3 rings (SSSR count). The molecule has 1 aliphatic carbocycles. The molecule has 0 saturated heterocycles. The minimum absolute atomic E-state index is 0.146. The van der Waals surface area contributed by atoms with E-state index in [-0.39, 0.29) is 17.3 Å². The minimum Gasteiger partial charge on any atom is -0.391 e. The molecule has 2 aromatic rings. The molecule has 0 spiro atoms. The van der Waals surface area contributed by atoms with Crippen molar-refractivity contribution in [2.45, 2.75) is 25.4 Å². The van der Waals surface area contributed by atoms with E-state index < -0.39 is 11.7 Å². The van der Waals surface area contributed by atoms with Crippen molar-refractivity contribution in [3.63, 3.8) is 0 Å². The van der Waals surface area contributed by atoms with E-state index in [0.29, 0.717) is 23.3 Å². The molecule has 0 amide bonds. The monoisotopic (exact) mass is 345 g/mol. The molecule has 2 nitrogen and oxygen atoms in total. The number of hydrogen-bond donors (Lipinski definition) is 1. The Morgan fingerprint density at radius 3 is 2.36 bits per heavy atom. The number of ketones is 1. The van der Waals surface area contributed by atoms with E-state index in [2.05, 4.69) is 5.32 Å². The fraction of sp³-hybridized carbons (Fsp3) is 0.250. The number of alkyl halides is 3. The van der Waals surface area contributed by atoms with Crippen molar-refractivity contribution in [1.29, 1.82) is 0 Å². The van der Waals surface area contributed by atoms with Gasteiger partial charge in [0.05, 0.1) is 11.5 Å². The molecule has 1 unspecified atom stereocenters. The molecule has 0 radical (unpaired) electrons. The normalized spacial score (nSPS) is 18.0. The van der Waals surface area contributed by atoms with Gasteiger partial charge in [0, 0.05) is 24.7 Å². The quantitative estimate of drug-likeness (QED) is 0.873. The number of Topliss-reactive ketones (excluding diaryl/α,β-unsaturated/α-hetero) is 1. The summed E-state index contributed by atoms with van der Waals surface area (Å²) in [4.78, 5) is 12.9. The first kappa shape index (κ1) is 17.3. The molecular formula is C20H18F3NO. The molecule has 0 saturated carbocycles. The number of benzene rings is 2. The van der Waals surface area contributed by atoms with Crippen LogP contribution in [0.4, 0.5) is 13.2 Å². The number of rotatable bonds is 3. The SMILES string of the molecule is CNC1=C(c2ccc(C)c(C(F)(F)F)c2)C(=O)C(c2ccccc2)C1. The Morgan fingerprint density at radius 2 is 1.76 bits per heavy atom. The zero-order valence-corrected chi connectivity index (χ0v) is 13.9. The van der Waals surface area contributed by atoms with Crippen molar-refractivity contribution >= 4 is 11.4 Å². The van der Waals surface area contributed by atoms with Crippen LogP contribution < -0.4 is 5.32 Å². The topological polar surface area (TPSA) is 29.1 Å². The Balaban J connectivity index is 2.05. The zero-order valence-electron chi connectivity index (χ0n) is 13.9. The largest absolute Gasteiger partial charge is 0.416 e. The van der Waals surface area contributed by atoms with E-state index >= 15 is 0 Å². The van der Waals surface area contributed by atoms with Gasteiger partial charge in [0.25, 0.3) is 0 Å². The summed E-state index contributed by atoms with van der Waals surface area (Å²) in [6.45, 7) is 1.42. The second-order valence-corrected chi connectivity index (χ2v) is 6.16. The summed E-state index contributed by atoms with van der Waals surface area (Å²) in [6.07, 6.45) is -3.98. The van der Waals surface area contributed by atoms with Crippen LogP contribution in [0.15, 0.2) is 54.2 Å². The van der Waals surface area contributed by atoms with Crippen LogP contribution in [-0.4, -0.2) is 12.8 Å². The Hall–Kier alpha value is -2.56. The van der Waals surface area contributed by atoms with E-state index in [9.17, 15) is 18.0 Å². The molecule has 0 fully saturated rings. The van der Waals surface area contributed by atoms with Crippen LogP contribution in [0.25, 0.3) is 5.57 Å². The number of carbonyl (C=O) groups is 1. The Morgan fingerprint density at radius 1 is 1.08 bits per heavy atom. The van der Waals surface area contributed by atoms with Crippen LogP contribution in [0, 0.1) is 6.92 Å². The number of hydrogen-bond acceptors (Lipinski definition) is 2. The smallest absolute Gasteiger partial charge is 0.391 e. The summed E-state index contributed by atoms with van der Waals surface area (Å²) < 4.78 is 39.7. The Bertz CT molecular complexity index is 838. The molecule has 25 heavy (non-hydrogen) atoms. The zero-order chi connectivity index (χ0) is 18.2. The lowest BCUT2D eigenvalue weighted by molar-refractivity contribution is -0.138. The number of halogens is 3. The van der Waals surface area contributed by atoms with E-state index in [1.165, 1.54) is 13.0 Å². The van der Waals surface area contributed by atoms with Gasteiger partial charge in [0.1, 0.15) is 0 Å². The van der Waals surface area contributed by atoms with Gasteiger partial charge in [-0.3, -0.25) is 4.79 Å². The van der Waals surface area contributed by atoms with Gasteiger partial charge in [-0.15, -0.1) is 0 Å². The van der Waals surface area contributed by atoms with Crippen molar-refractivity contribution in [2.24, 2.45) is 0 Å². The minimum atomic E-state index is -4.44. The Kier molecular flexibility index (Phi) is 4.41. The van der Waals surface area contributed by atoms with Gasteiger partial charge in [-0.25, -0.2) is 0 Å². The van der Waals surface area contributed by atoms with Crippen molar-refractivity contribution in [3.05, 3.63) is 76.5 Å². The first-order valence-corrected chi connectivity index (χ1v) is 8.01. The van der Waals surface area contributed by atoms with Crippen molar-refractivity contribution in [2.75, 3.05) is 7.05 Å². The lowest BCUT2D eigenvalue weighted by atomic mass is 9.92. The predicted octanol–water partition coefficient (Wildman–Crippen LogP) is 4.70. The van der Waals surface area contributed by atoms with Gasteiger partial charge in [0.2, 0.25) is 0 Å². The summed E-state index contributed by atoms with van der Waals surface area (Å²) in [6, 6.07) is 13.4. The van der Waals surface area contributed by atoms with Crippen molar-refractivity contribution < 1.29 is 18.0 Å². The second kappa shape index (κ2) is 6.39. The van der Waals surface area contributed by atoms with E-state index in [1.807, 2.05) is 30.3 Å². The third-order valence-corrected chi connectivity index (χ3v) is 4.61. The van der Waals surface area contributed by atoms with Gasteiger partial charge < -0.3 is 5.32 Å². The maximum atomic E-state index is 13.2. The van der Waals surface area contributed by atoms with Crippen molar-refractivity contribution in [3.8, 4) is 0 Å². The summed E-state index contributed by atoms with van der Waals surface area (Å²) in [5.41, 5.74) is 1.65. The van der Waals surface area contributed by atoms with Crippen LogP contribution in [-0.2, 0) is 11.0 Å². The second-order valence-electron chi connectivity index (χ2n) is 6.16. The van der Waals surface area contributed by atoms with Crippen molar-refractivity contribution in [1.82, 2.24) is 5.32 Å². The van der Waals surface area contributed by atoms with Crippen LogP contribution >= 0.6 is 0 Å². The molecular weight excluding hydrogens is 327 g/mol. The third-order valence-electron chi connectivity index (χ3n) is 4.61. The van der Waals surface area contributed by atoms with Gasteiger partial charge in [-0.2, -0.15) is 13.2 Å². The first-order chi connectivity index (χ1) is 11.8. The number of nitrogens with one attached hydrogen (secondary N) is 1. The average Bonchev–Trinajstić information content (AvgIpc) is 2.92. The summed E-state index contributed by atoms with van der Waals surface area (Å²) >= 11 is 0. The highest BCUT2D eigenvalue weighted by Gasteiger charge is 2.37. The van der Waals surface area contributed by atoms with E-state index in [4.69, 9.17) is 0 Å². The standard InChI is InChI=1S/C20H18F3NO/c1-12-8-9-14(10-16(12)20(21,22)23)18-17(24-2)11-15(19(18)25)13-6-4-3-5-7-13/h3-10,15,24H,11H2,1-2H3. The molecule has 2 aromatic carbocycles. The van der Waals surface area contributed by atoms with Gasteiger partial charge >= 0.3 is 6.18 Å². The summed E-state index contributed by atoms with van der Waals surface area (Å²) in [5, 5.41) is 2.99. The lowest BCUT2D eigenvalue weighted by Gasteiger charge is -2.14.